The standard InChI is InChI=1S/C21H16BrN3.C21H17N3.C19H15Cl.C6H15N.C2H3N3/c22-20-23-16-25(24-20)21(17-10-4-1-5-11-17,18-12-6-2-7-13-18)19-14-8-3-9-15-19;1-4-10-18(11-5-1)21(24-17-22-16-23-24,19-12-6-2-7-13-19)20-14-8-3-9-15-20;20-19(16-10-4-1-5-11-16,17-12-6-2-7-13-17)18-14-8-3-9-15-18;1-4-7(5-2)6-3;1-3-2-5-4-1/h1-16H;1-17H;1-15H;4-6H2,1-3H3;1-2H,(H,3,4,5). The Balaban J connectivity index is 0.000000145. The molecule has 0 aliphatic heterocycles. The summed E-state index contributed by atoms with van der Waals surface area (Å²) in [6.07, 6.45) is 8.10. The van der Waals surface area contributed by atoms with Crippen molar-refractivity contribution in [2.75, 3.05) is 19.6 Å². The fourth-order valence-corrected chi connectivity index (χ4v) is 10.6. The summed E-state index contributed by atoms with van der Waals surface area (Å²) in [5.41, 5.74) is 8.92. The maximum Gasteiger partial charge on any atom is 0.217 e. The average molecular weight is 1150 g/mol. The van der Waals surface area contributed by atoms with E-state index in [1.165, 1.54) is 32.3 Å². The minimum absolute atomic E-state index is 0.555. The highest BCUT2D eigenvalue weighted by atomic mass is 79.9. The zero-order valence-corrected chi connectivity index (χ0v) is 48.1. The van der Waals surface area contributed by atoms with Crippen LogP contribution in [0.15, 0.2) is 309 Å². The molecular weight excluding hydrogens is 1080 g/mol. The number of rotatable bonds is 14. The average Bonchev–Trinajstić information content (AvgIpc) is 4.47. The third-order valence-corrected chi connectivity index (χ3v) is 14.9. The molecule has 0 saturated carbocycles. The summed E-state index contributed by atoms with van der Waals surface area (Å²) >= 11 is 10.5. The van der Waals surface area contributed by atoms with E-state index >= 15 is 0 Å². The smallest absolute Gasteiger partial charge is 0.217 e. The summed E-state index contributed by atoms with van der Waals surface area (Å²) in [4.78, 5) is 13.8. The van der Waals surface area contributed by atoms with Gasteiger partial charge in [-0.05, 0) is 85.6 Å². The molecule has 0 unspecified atom stereocenters. The molecule has 3 aromatic heterocycles. The summed E-state index contributed by atoms with van der Waals surface area (Å²) < 4.78 is 4.43. The van der Waals surface area contributed by atoms with E-state index < -0.39 is 16.0 Å². The van der Waals surface area contributed by atoms with Gasteiger partial charge < -0.3 is 4.90 Å². The van der Waals surface area contributed by atoms with Gasteiger partial charge in [0.25, 0.3) is 0 Å². The Morgan fingerprint density at radius 1 is 0.395 bits per heavy atom. The SMILES string of the molecule is Brc1ncn(C(c2ccccc2)(c2ccccc2)c2ccccc2)n1.CCN(CC)CC.ClC(c1ccccc1)(c1ccccc1)c1ccccc1.c1ccc(C(c2ccccc2)(c2ccccc2)n2cncn2)cc1.c1nc[nH]n1. The summed E-state index contributed by atoms with van der Waals surface area (Å²) in [5.74, 6) is 0. The van der Waals surface area contributed by atoms with E-state index in [1.54, 1.807) is 19.0 Å². The lowest BCUT2D eigenvalue weighted by Crippen LogP contribution is -2.38. The highest BCUT2D eigenvalue weighted by Gasteiger charge is 2.41. The summed E-state index contributed by atoms with van der Waals surface area (Å²) in [6.45, 7) is 10.1. The fraction of sp³-hybridized carbons (Fsp3) is 0.130. The van der Waals surface area contributed by atoms with E-state index in [-0.39, 0.29) is 0 Å². The number of nitrogens with zero attached hydrogens (tertiary/aromatic N) is 9. The molecule has 0 fully saturated rings. The van der Waals surface area contributed by atoms with Crippen molar-refractivity contribution in [3.63, 3.8) is 0 Å². The van der Waals surface area contributed by atoms with Crippen LogP contribution in [0.3, 0.4) is 0 Å². The highest BCUT2D eigenvalue weighted by molar-refractivity contribution is 9.10. The van der Waals surface area contributed by atoms with E-state index in [4.69, 9.17) is 11.6 Å². The number of halogens is 2. The van der Waals surface area contributed by atoms with Crippen molar-refractivity contribution in [3.05, 3.63) is 359 Å². The number of nitrogens with one attached hydrogen (secondary N) is 1. The normalized spacial score (nSPS) is 11.0. The van der Waals surface area contributed by atoms with Crippen LogP contribution >= 0.6 is 27.5 Å². The zero-order chi connectivity index (χ0) is 56.4. The van der Waals surface area contributed by atoms with Gasteiger partial charge in [-0.15, -0.1) is 16.7 Å². The van der Waals surface area contributed by atoms with Gasteiger partial charge in [0.2, 0.25) is 4.73 Å². The van der Waals surface area contributed by atoms with Gasteiger partial charge in [-0.25, -0.2) is 24.3 Å². The van der Waals surface area contributed by atoms with E-state index in [0.29, 0.717) is 4.73 Å². The number of hydrogen-bond acceptors (Lipinski definition) is 7. The van der Waals surface area contributed by atoms with Crippen LogP contribution < -0.4 is 0 Å². The van der Waals surface area contributed by atoms with Gasteiger partial charge in [0, 0.05) is 0 Å². The van der Waals surface area contributed by atoms with Gasteiger partial charge in [0.1, 0.15) is 47.6 Å². The molecule has 3 heterocycles. The first-order valence-corrected chi connectivity index (χ1v) is 28.2. The van der Waals surface area contributed by atoms with Gasteiger partial charge in [-0.1, -0.05) is 294 Å². The molecule has 0 radical (unpaired) electrons. The van der Waals surface area contributed by atoms with Gasteiger partial charge in [0.05, 0.1) is 0 Å². The van der Waals surface area contributed by atoms with Crippen LogP contribution in [0.4, 0.5) is 0 Å². The van der Waals surface area contributed by atoms with Crippen molar-refractivity contribution >= 4 is 27.5 Å². The number of benzene rings is 9. The Hall–Kier alpha value is -8.87. The zero-order valence-electron chi connectivity index (χ0n) is 45.8. The van der Waals surface area contributed by atoms with Gasteiger partial charge in [0.15, 0.2) is 0 Å². The highest BCUT2D eigenvalue weighted by Crippen LogP contribution is 2.44. The van der Waals surface area contributed by atoms with Gasteiger partial charge >= 0.3 is 0 Å². The molecule has 0 bridgehead atoms. The molecule has 0 aliphatic rings. The van der Waals surface area contributed by atoms with Crippen molar-refractivity contribution in [2.45, 2.75) is 36.7 Å². The van der Waals surface area contributed by atoms with E-state index in [2.05, 4.69) is 259 Å². The van der Waals surface area contributed by atoms with Crippen molar-refractivity contribution in [1.29, 1.82) is 0 Å². The number of aromatic amines is 1. The van der Waals surface area contributed by atoms with Crippen LogP contribution in [0.1, 0.15) is 70.8 Å². The van der Waals surface area contributed by atoms with Crippen LogP contribution in [-0.2, 0) is 16.0 Å². The van der Waals surface area contributed by atoms with Crippen LogP contribution in [0.5, 0.6) is 0 Å². The molecule has 10 nitrogen and oxygen atoms in total. The topological polar surface area (TPSA) is 106 Å². The third-order valence-electron chi connectivity index (χ3n) is 13.9. The Bertz CT molecular complexity index is 3230. The molecule has 9 aromatic carbocycles. The summed E-state index contributed by atoms with van der Waals surface area (Å²) in [6, 6.07) is 93.2. The molecule has 0 atom stereocenters. The lowest BCUT2D eigenvalue weighted by atomic mass is 9.77. The minimum atomic E-state index is -0.649. The molecular formula is C69H66BrClN10. The molecule has 0 aliphatic carbocycles. The van der Waals surface area contributed by atoms with Crippen molar-refractivity contribution in [2.24, 2.45) is 0 Å². The monoisotopic (exact) mass is 1150 g/mol. The van der Waals surface area contributed by atoms with Gasteiger partial charge in [-0.3, -0.25) is 5.10 Å². The van der Waals surface area contributed by atoms with E-state index in [0.717, 1.165) is 50.1 Å². The molecule has 12 aromatic rings. The minimum Gasteiger partial charge on any atom is -0.304 e. The summed E-state index contributed by atoms with van der Waals surface area (Å²) in [5, 5.41) is 15.1. The second-order valence-electron chi connectivity index (χ2n) is 18.4. The predicted octanol–water partition coefficient (Wildman–Crippen LogP) is 15.4. The number of aromatic nitrogens is 9. The molecule has 0 spiro atoms. The Morgan fingerprint density at radius 3 is 0.889 bits per heavy atom. The van der Waals surface area contributed by atoms with Crippen molar-refractivity contribution < 1.29 is 0 Å². The van der Waals surface area contributed by atoms with E-state index in [1.807, 2.05) is 100 Å². The molecule has 12 rings (SSSR count). The number of H-pyrrole nitrogens is 1. The second kappa shape index (κ2) is 29.9. The third kappa shape index (κ3) is 13.9. The Morgan fingerprint density at radius 2 is 0.691 bits per heavy atom. The van der Waals surface area contributed by atoms with Crippen LogP contribution in [0.25, 0.3) is 0 Å². The lowest BCUT2D eigenvalue weighted by molar-refractivity contribution is 0.321. The van der Waals surface area contributed by atoms with E-state index in [9.17, 15) is 0 Å². The first-order chi connectivity index (χ1) is 39.9. The maximum atomic E-state index is 7.12. The lowest BCUT2D eigenvalue weighted by Gasteiger charge is -2.35. The molecule has 12 heteroatoms. The molecule has 1 N–H and O–H groups in total. The van der Waals surface area contributed by atoms with Crippen LogP contribution in [-0.4, -0.2) is 69.2 Å². The number of hydrogen-bond donors (Lipinski definition) is 1. The van der Waals surface area contributed by atoms with Crippen LogP contribution in [0.2, 0.25) is 0 Å². The fourth-order valence-electron chi connectivity index (χ4n) is 10.00. The predicted molar refractivity (Wildman–Crippen MR) is 332 cm³/mol. The first-order valence-electron chi connectivity index (χ1n) is 27.0. The molecule has 406 valence electrons. The second-order valence-corrected chi connectivity index (χ2v) is 19.7. The first kappa shape index (κ1) is 58.3. The van der Waals surface area contributed by atoms with Crippen molar-refractivity contribution in [1.82, 2.24) is 49.6 Å². The summed E-state index contributed by atoms with van der Waals surface area (Å²) in [7, 11) is 0. The molecule has 81 heavy (non-hydrogen) atoms. The van der Waals surface area contributed by atoms with Crippen molar-refractivity contribution in [3.8, 4) is 0 Å². The largest absolute Gasteiger partial charge is 0.304 e. The van der Waals surface area contributed by atoms with Crippen LogP contribution in [0, 0.1) is 0 Å². The Labute approximate surface area is 490 Å². The maximum absolute atomic E-state index is 7.12. The molecule has 0 saturated heterocycles. The Kier molecular flexibility index (Phi) is 21.5. The molecule has 0 amide bonds. The van der Waals surface area contributed by atoms with Gasteiger partial charge in [-0.2, -0.15) is 10.2 Å². The number of alkyl halides is 1. The quantitative estimate of drug-likeness (QED) is 0.0854.